The van der Waals surface area contributed by atoms with Crippen LogP contribution in [0.25, 0.3) is 0 Å². The van der Waals surface area contributed by atoms with Gasteiger partial charge in [-0.3, -0.25) is 0 Å². The van der Waals surface area contributed by atoms with Gasteiger partial charge in [0.1, 0.15) is 0 Å². The molecule has 2 N–H and O–H groups in total. The van der Waals surface area contributed by atoms with Crippen LogP contribution in [0.2, 0.25) is 0 Å². The number of hydrogen-bond donors (Lipinski definition) is 1. The van der Waals surface area contributed by atoms with Crippen molar-refractivity contribution < 1.29 is 4.74 Å². The molecule has 0 aromatic carbocycles. The van der Waals surface area contributed by atoms with Gasteiger partial charge in [-0.05, 0) is 69.7 Å². The average Bonchev–Trinajstić information content (AvgIpc) is 2.26. The molecule has 1 rings (SSSR count). The lowest BCUT2D eigenvalue weighted by Gasteiger charge is -2.41. The first-order valence-electron chi connectivity index (χ1n) is 7.05. The summed E-state index contributed by atoms with van der Waals surface area (Å²) in [6.07, 6.45) is 6.36. The summed E-state index contributed by atoms with van der Waals surface area (Å²) in [6.45, 7) is 10.0. The standard InChI is InChI=1S/C15H31NO/c1-14(2)8-6-13(11-16)12(10-14)7-9-15(3,4)17-5/h12-13H,6-11,16H2,1-5H3. The van der Waals surface area contributed by atoms with Gasteiger partial charge in [0.2, 0.25) is 0 Å². The molecular weight excluding hydrogens is 210 g/mol. The van der Waals surface area contributed by atoms with Crippen LogP contribution in [-0.4, -0.2) is 19.3 Å². The number of hydrogen-bond acceptors (Lipinski definition) is 2. The SMILES string of the molecule is COC(C)(C)CCC1CC(C)(C)CCC1CN. The summed E-state index contributed by atoms with van der Waals surface area (Å²) in [4.78, 5) is 0. The zero-order valence-electron chi connectivity index (χ0n) is 12.4. The van der Waals surface area contributed by atoms with E-state index in [-0.39, 0.29) is 5.60 Å². The summed E-state index contributed by atoms with van der Waals surface area (Å²) in [5, 5.41) is 0. The highest BCUT2D eigenvalue weighted by molar-refractivity contribution is 4.86. The predicted molar refractivity (Wildman–Crippen MR) is 74.0 cm³/mol. The number of ether oxygens (including phenoxy) is 1. The van der Waals surface area contributed by atoms with E-state index in [0.717, 1.165) is 24.8 Å². The van der Waals surface area contributed by atoms with E-state index in [1.165, 1.54) is 25.7 Å². The van der Waals surface area contributed by atoms with Gasteiger partial charge in [0, 0.05) is 7.11 Å². The summed E-state index contributed by atoms with van der Waals surface area (Å²) < 4.78 is 5.52. The van der Waals surface area contributed by atoms with E-state index < -0.39 is 0 Å². The third-order valence-electron chi connectivity index (χ3n) is 4.65. The van der Waals surface area contributed by atoms with Crippen LogP contribution in [0.3, 0.4) is 0 Å². The van der Waals surface area contributed by atoms with Crippen molar-refractivity contribution in [3.05, 3.63) is 0 Å². The molecule has 0 aliphatic heterocycles. The molecule has 0 heterocycles. The van der Waals surface area contributed by atoms with Crippen LogP contribution in [0, 0.1) is 17.3 Å². The second-order valence-corrected chi connectivity index (χ2v) is 7.17. The minimum absolute atomic E-state index is 0.0146. The lowest BCUT2D eigenvalue weighted by Crippen LogP contribution is -2.35. The van der Waals surface area contributed by atoms with E-state index in [9.17, 15) is 0 Å². The Bertz CT molecular complexity index is 235. The van der Waals surface area contributed by atoms with Crippen LogP contribution in [-0.2, 0) is 4.74 Å². The molecule has 0 aromatic heterocycles. The average molecular weight is 241 g/mol. The number of methoxy groups -OCH3 is 1. The molecular formula is C15H31NO. The van der Waals surface area contributed by atoms with Crippen molar-refractivity contribution in [3.8, 4) is 0 Å². The van der Waals surface area contributed by atoms with Gasteiger partial charge in [-0.1, -0.05) is 13.8 Å². The van der Waals surface area contributed by atoms with Crippen LogP contribution in [0.5, 0.6) is 0 Å². The first-order valence-corrected chi connectivity index (χ1v) is 7.05. The molecule has 102 valence electrons. The smallest absolute Gasteiger partial charge is 0.0622 e. The van der Waals surface area contributed by atoms with E-state index in [0.29, 0.717) is 5.41 Å². The van der Waals surface area contributed by atoms with Crippen molar-refractivity contribution in [2.24, 2.45) is 23.0 Å². The van der Waals surface area contributed by atoms with E-state index in [1.807, 2.05) is 7.11 Å². The van der Waals surface area contributed by atoms with Crippen molar-refractivity contribution in [1.82, 2.24) is 0 Å². The number of nitrogens with two attached hydrogens (primary N) is 1. The fourth-order valence-electron chi connectivity index (χ4n) is 3.07. The summed E-state index contributed by atoms with van der Waals surface area (Å²) >= 11 is 0. The highest BCUT2D eigenvalue weighted by atomic mass is 16.5. The first-order chi connectivity index (χ1) is 7.79. The van der Waals surface area contributed by atoms with Crippen LogP contribution in [0.1, 0.15) is 59.8 Å². The van der Waals surface area contributed by atoms with Gasteiger partial charge in [-0.15, -0.1) is 0 Å². The Morgan fingerprint density at radius 3 is 2.47 bits per heavy atom. The maximum atomic E-state index is 5.92. The second kappa shape index (κ2) is 5.71. The zero-order chi connectivity index (χ0) is 13.1. The molecule has 2 nitrogen and oxygen atoms in total. The molecule has 2 heteroatoms. The molecule has 17 heavy (non-hydrogen) atoms. The van der Waals surface area contributed by atoms with Crippen molar-refractivity contribution in [1.29, 1.82) is 0 Å². The monoisotopic (exact) mass is 241 g/mol. The van der Waals surface area contributed by atoms with Gasteiger partial charge >= 0.3 is 0 Å². The Morgan fingerprint density at radius 2 is 1.94 bits per heavy atom. The molecule has 2 unspecified atom stereocenters. The second-order valence-electron chi connectivity index (χ2n) is 7.17. The third-order valence-corrected chi connectivity index (χ3v) is 4.65. The number of rotatable bonds is 5. The maximum absolute atomic E-state index is 5.92. The van der Waals surface area contributed by atoms with Crippen molar-refractivity contribution in [2.45, 2.75) is 65.4 Å². The lowest BCUT2D eigenvalue weighted by atomic mass is 9.65. The molecule has 0 spiro atoms. The van der Waals surface area contributed by atoms with Crippen LogP contribution >= 0.6 is 0 Å². The molecule has 0 bridgehead atoms. The fourth-order valence-corrected chi connectivity index (χ4v) is 3.07. The Morgan fingerprint density at radius 1 is 1.29 bits per heavy atom. The van der Waals surface area contributed by atoms with E-state index in [4.69, 9.17) is 10.5 Å². The molecule has 1 saturated carbocycles. The van der Waals surface area contributed by atoms with Crippen molar-refractivity contribution in [3.63, 3.8) is 0 Å². The Labute approximate surface area is 107 Å². The van der Waals surface area contributed by atoms with E-state index >= 15 is 0 Å². The van der Waals surface area contributed by atoms with Gasteiger partial charge in [0.05, 0.1) is 5.60 Å². The summed E-state index contributed by atoms with van der Waals surface area (Å²) in [5.41, 5.74) is 6.44. The molecule has 1 aliphatic rings. The van der Waals surface area contributed by atoms with E-state index in [1.54, 1.807) is 0 Å². The third kappa shape index (κ3) is 4.59. The highest BCUT2D eigenvalue weighted by Crippen LogP contribution is 2.43. The largest absolute Gasteiger partial charge is 0.379 e. The molecule has 0 radical (unpaired) electrons. The first kappa shape index (κ1) is 15.0. The Balaban J connectivity index is 2.53. The summed E-state index contributed by atoms with van der Waals surface area (Å²) in [5.74, 6) is 1.52. The summed E-state index contributed by atoms with van der Waals surface area (Å²) in [7, 11) is 1.81. The normalized spacial score (nSPS) is 29.3. The van der Waals surface area contributed by atoms with E-state index in [2.05, 4.69) is 27.7 Å². The van der Waals surface area contributed by atoms with Gasteiger partial charge < -0.3 is 10.5 Å². The molecule has 0 saturated heterocycles. The van der Waals surface area contributed by atoms with Gasteiger partial charge in [-0.25, -0.2) is 0 Å². The van der Waals surface area contributed by atoms with Gasteiger partial charge in [0.25, 0.3) is 0 Å². The predicted octanol–water partition coefficient (Wildman–Crippen LogP) is 3.59. The molecule has 1 fully saturated rings. The molecule has 1 aliphatic carbocycles. The van der Waals surface area contributed by atoms with Crippen LogP contribution in [0.15, 0.2) is 0 Å². The molecule has 0 amide bonds. The topological polar surface area (TPSA) is 35.2 Å². The fraction of sp³-hybridized carbons (Fsp3) is 1.00. The molecule has 0 aromatic rings. The van der Waals surface area contributed by atoms with Crippen LogP contribution in [0.4, 0.5) is 0 Å². The quantitative estimate of drug-likeness (QED) is 0.798. The summed E-state index contributed by atoms with van der Waals surface area (Å²) in [6, 6.07) is 0. The maximum Gasteiger partial charge on any atom is 0.0622 e. The Kier molecular flexibility index (Phi) is 5.03. The minimum Gasteiger partial charge on any atom is -0.379 e. The van der Waals surface area contributed by atoms with Crippen molar-refractivity contribution in [2.75, 3.05) is 13.7 Å². The van der Waals surface area contributed by atoms with Crippen LogP contribution < -0.4 is 5.73 Å². The van der Waals surface area contributed by atoms with Gasteiger partial charge in [-0.2, -0.15) is 0 Å². The Hall–Kier alpha value is -0.0800. The minimum atomic E-state index is 0.0146. The van der Waals surface area contributed by atoms with Crippen molar-refractivity contribution >= 4 is 0 Å². The highest BCUT2D eigenvalue weighted by Gasteiger charge is 2.34. The van der Waals surface area contributed by atoms with Gasteiger partial charge in [0.15, 0.2) is 0 Å². The zero-order valence-corrected chi connectivity index (χ0v) is 12.4. The lowest BCUT2D eigenvalue weighted by molar-refractivity contribution is 0.00175. The molecule has 2 atom stereocenters.